The van der Waals surface area contributed by atoms with Gasteiger partial charge in [-0.05, 0) is 88.0 Å². The number of aromatic nitrogens is 2. The summed E-state index contributed by atoms with van der Waals surface area (Å²) >= 11 is 12.7. The molecule has 0 spiro atoms. The van der Waals surface area contributed by atoms with Gasteiger partial charge < -0.3 is 0 Å². The summed E-state index contributed by atoms with van der Waals surface area (Å²) in [5, 5.41) is 1.29. The highest BCUT2D eigenvalue weighted by molar-refractivity contribution is 6.31. The van der Waals surface area contributed by atoms with Crippen LogP contribution in [0.5, 0.6) is 0 Å². The Morgan fingerprint density at radius 1 is 0.295 bits per heavy atom. The van der Waals surface area contributed by atoms with Gasteiger partial charge in [0.05, 0.1) is 11.4 Å². The molecule has 0 aliphatic carbocycles. The van der Waals surface area contributed by atoms with Crippen molar-refractivity contribution in [2.75, 3.05) is 0 Å². The molecule has 1 heterocycles. The zero-order valence-corrected chi connectivity index (χ0v) is 25.2. The molecule has 2 nitrogen and oxygen atoms in total. The van der Waals surface area contributed by atoms with Crippen molar-refractivity contribution in [1.29, 1.82) is 0 Å². The van der Waals surface area contributed by atoms with Crippen LogP contribution >= 0.6 is 23.2 Å². The van der Waals surface area contributed by atoms with Crippen molar-refractivity contribution in [2.45, 2.75) is 0 Å². The first kappa shape index (κ1) is 27.8. The third-order valence-corrected chi connectivity index (χ3v) is 8.04. The van der Waals surface area contributed by atoms with Gasteiger partial charge in [-0.2, -0.15) is 0 Å². The van der Waals surface area contributed by atoms with Gasteiger partial charge >= 0.3 is 0 Å². The minimum Gasteiger partial charge on any atom is -0.228 e. The summed E-state index contributed by atoms with van der Waals surface area (Å²) in [5.74, 6) is 0.600. The molecule has 0 unspecified atom stereocenters. The van der Waals surface area contributed by atoms with Gasteiger partial charge in [0.2, 0.25) is 0 Å². The molecule has 0 saturated carbocycles. The Balaban J connectivity index is 1.38. The second-order valence-corrected chi connectivity index (χ2v) is 11.5. The molecule has 0 saturated heterocycles. The molecular weight excluding hydrogens is 579 g/mol. The molecule has 0 aliphatic rings. The summed E-state index contributed by atoms with van der Waals surface area (Å²) in [5.41, 5.74) is 11.3. The molecule has 44 heavy (non-hydrogen) atoms. The average Bonchev–Trinajstić information content (AvgIpc) is 3.09. The lowest BCUT2D eigenvalue weighted by Crippen LogP contribution is -1.96. The van der Waals surface area contributed by atoms with E-state index in [-0.39, 0.29) is 0 Å². The van der Waals surface area contributed by atoms with Crippen LogP contribution in [0.1, 0.15) is 0 Å². The Morgan fingerprint density at radius 3 is 1.23 bits per heavy atom. The fraction of sp³-hybridized carbons (Fsp3) is 0. The zero-order chi connectivity index (χ0) is 29.9. The minimum absolute atomic E-state index is 0.600. The molecule has 0 aliphatic heterocycles. The molecule has 210 valence electrons. The summed E-state index contributed by atoms with van der Waals surface area (Å²) in [6, 6.07) is 53.7. The Bertz CT molecular complexity index is 1970. The van der Waals surface area contributed by atoms with Gasteiger partial charge in [-0.1, -0.05) is 126 Å². The standard InChI is InChI=1S/C40H26Cl2N2/c41-36-18-8-16-31(24-36)39-26-38(43-40(44-39)32-17-9-19-37(42)25-32)30-15-7-14-29(20-30)35-22-33(27-10-3-1-4-11-27)21-34(23-35)28-12-5-2-6-13-28/h1-26H. The van der Waals surface area contributed by atoms with Crippen molar-refractivity contribution in [3.8, 4) is 67.3 Å². The first-order chi connectivity index (χ1) is 21.6. The normalized spacial score (nSPS) is 11.0. The lowest BCUT2D eigenvalue weighted by molar-refractivity contribution is 1.18. The number of halogens is 2. The molecule has 0 N–H and O–H groups in total. The van der Waals surface area contributed by atoms with Crippen LogP contribution < -0.4 is 0 Å². The molecular formula is C40H26Cl2N2. The van der Waals surface area contributed by atoms with Crippen LogP contribution in [0.4, 0.5) is 0 Å². The van der Waals surface area contributed by atoms with Crippen LogP contribution in [0.25, 0.3) is 67.3 Å². The van der Waals surface area contributed by atoms with Crippen molar-refractivity contribution in [2.24, 2.45) is 0 Å². The molecule has 0 fully saturated rings. The van der Waals surface area contributed by atoms with Crippen molar-refractivity contribution in [3.63, 3.8) is 0 Å². The highest BCUT2D eigenvalue weighted by Gasteiger charge is 2.13. The van der Waals surface area contributed by atoms with Crippen LogP contribution in [0.3, 0.4) is 0 Å². The predicted octanol–water partition coefficient (Wildman–Crippen LogP) is 11.8. The van der Waals surface area contributed by atoms with Crippen LogP contribution in [0.2, 0.25) is 10.0 Å². The highest BCUT2D eigenvalue weighted by atomic mass is 35.5. The third kappa shape index (κ3) is 6.05. The number of hydrogen-bond donors (Lipinski definition) is 0. The zero-order valence-electron chi connectivity index (χ0n) is 23.7. The molecule has 1 aromatic heterocycles. The van der Waals surface area contributed by atoms with E-state index in [2.05, 4.69) is 91.0 Å². The van der Waals surface area contributed by atoms with Gasteiger partial charge in [0.25, 0.3) is 0 Å². The lowest BCUT2D eigenvalue weighted by Gasteiger charge is -2.13. The number of rotatable bonds is 6. The Kier molecular flexibility index (Phi) is 7.77. The van der Waals surface area contributed by atoms with E-state index in [4.69, 9.17) is 33.2 Å². The highest BCUT2D eigenvalue weighted by Crippen LogP contribution is 2.35. The van der Waals surface area contributed by atoms with Crippen molar-refractivity contribution in [1.82, 2.24) is 9.97 Å². The van der Waals surface area contributed by atoms with E-state index in [1.165, 1.54) is 22.3 Å². The van der Waals surface area contributed by atoms with E-state index < -0.39 is 0 Å². The van der Waals surface area contributed by atoms with Gasteiger partial charge in [0, 0.05) is 26.7 Å². The topological polar surface area (TPSA) is 25.8 Å². The van der Waals surface area contributed by atoms with Gasteiger partial charge in [0.1, 0.15) is 0 Å². The number of hydrogen-bond acceptors (Lipinski definition) is 2. The maximum atomic E-state index is 6.37. The Labute approximate surface area is 267 Å². The summed E-state index contributed by atoms with van der Waals surface area (Å²) in [7, 11) is 0. The van der Waals surface area contributed by atoms with E-state index in [9.17, 15) is 0 Å². The Morgan fingerprint density at radius 2 is 0.682 bits per heavy atom. The van der Waals surface area contributed by atoms with Crippen molar-refractivity contribution < 1.29 is 0 Å². The van der Waals surface area contributed by atoms with Crippen LogP contribution in [-0.4, -0.2) is 9.97 Å². The van der Waals surface area contributed by atoms with E-state index in [0.717, 1.165) is 39.2 Å². The monoisotopic (exact) mass is 604 g/mol. The largest absolute Gasteiger partial charge is 0.228 e. The molecule has 0 bridgehead atoms. The lowest BCUT2D eigenvalue weighted by atomic mass is 9.92. The first-order valence-corrected chi connectivity index (χ1v) is 15.1. The van der Waals surface area contributed by atoms with Crippen LogP contribution in [-0.2, 0) is 0 Å². The van der Waals surface area contributed by atoms with E-state index in [1.54, 1.807) is 0 Å². The summed E-state index contributed by atoms with van der Waals surface area (Å²) in [6.45, 7) is 0. The molecule has 7 aromatic rings. The quantitative estimate of drug-likeness (QED) is 0.188. The second kappa shape index (κ2) is 12.3. The van der Waals surface area contributed by atoms with Gasteiger partial charge in [0.15, 0.2) is 5.82 Å². The molecule has 4 heteroatoms. The number of benzene rings is 6. The maximum absolute atomic E-state index is 6.37. The van der Waals surface area contributed by atoms with Gasteiger partial charge in [-0.15, -0.1) is 0 Å². The van der Waals surface area contributed by atoms with Gasteiger partial charge in [-0.25, -0.2) is 9.97 Å². The molecule has 0 radical (unpaired) electrons. The molecule has 6 aromatic carbocycles. The van der Waals surface area contributed by atoms with Crippen LogP contribution in [0, 0.1) is 0 Å². The van der Waals surface area contributed by atoms with Gasteiger partial charge in [-0.3, -0.25) is 0 Å². The predicted molar refractivity (Wildman–Crippen MR) is 185 cm³/mol. The molecule has 7 rings (SSSR count). The maximum Gasteiger partial charge on any atom is 0.160 e. The molecule has 0 amide bonds. The van der Waals surface area contributed by atoms with Crippen LogP contribution in [0.15, 0.2) is 158 Å². The fourth-order valence-electron chi connectivity index (χ4n) is 5.39. The third-order valence-electron chi connectivity index (χ3n) is 7.57. The SMILES string of the molecule is Clc1cccc(-c2cc(-c3cccc(-c4cc(-c5ccccc5)cc(-c5ccccc5)c4)c3)nc(-c3cccc(Cl)c3)n2)c1. The fourth-order valence-corrected chi connectivity index (χ4v) is 5.77. The first-order valence-electron chi connectivity index (χ1n) is 14.4. The summed E-state index contributed by atoms with van der Waals surface area (Å²) < 4.78 is 0. The van der Waals surface area contributed by atoms with Crippen molar-refractivity contribution >= 4 is 23.2 Å². The molecule has 0 atom stereocenters. The van der Waals surface area contributed by atoms with E-state index in [1.807, 2.05) is 66.7 Å². The average molecular weight is 606 g/mol. The Hall–Kier alpha value is -5.02. The second-order valence-electron chi connectivity index (χ2n) is 10.6. The van der Waals surface area contributed by atoms with E-state index in [0.29, 0.717) is 15.9 Å². The van der Waals surface area contributed by atoms with Crippen molar-refractivity contribution in [3.05, 3.63) is 168 Å². The minimum atomic E-state index is 0.600. The smallest absolute Gasteiger partial charge is 0.160 e. The summed E-state index contributed by atoms with van der Waals surface area (Å²) in [6.07, 6.45) is 0. The van der Waals surface area contributed by atoms with E-state index >= 15 is 0 Å². The number of nitrogens with zero attached hydrogens (tertiary/aromatic N) is 2. The summed E-state index contributed by atoms with van der Waals surface area (Å²) in [4.78, 5) is 9.95.